The predicted octanol–water partition coefficient (Wildman–Crippen LogP) is 5.64. The molecule has 0 atom stereocenters. The molecule has 0 saturated heterocycles. The maximum atomic E-state index is 12.4. The number of methoxy groups -OCH3 is 2. The molecule has 3 heterocycles. The smallest absolute Gasteiger partial charge is 0.223 e. The molecule has 1 aliphatic heterocycles. The first-order valence-corrected chi connectivity index (χ1v) is 11.4. The van der Waals surface area contributed by atoms with Crippen LogP contribution in [0.3, 0.4) is 0 Å². The van der Waals surface area contributed by atoms with E-state index in [0.717, 1.165) is 41.1 Å². The van der Waals surface area contributed by atoms with Gasteiger partial charge in [-0.1, -0.05) is 31.5 Å². The molecule has 2 N–H and O–H groups in total. The minimum Gasteiger partial charge on any atom is -0.495 e. The molecule has 8 heteroatoms. The number of rotatable bonds is 7. The van der Waals surface area contributed by atoms with Gasteiger partial charge in [-0.2, -0.15) is 0 Å². The van der Waals surface area contributed by atoms with Crippen LogP contribution in [0.25, 0.3) is 16.6 Å². The Morgan fingerprint density at radius 1 is 1.21 bits per heavy atom. The lowest BCUT2D eigenvalue weighted by Crippen LogP contribution is -2.35. The molecule has 0 unspecified atom stereocenters. The number of nitrogens with one attached hydrogen (secondary N) is 2. The van der Waals surface area contributed by atoms with Crippen molar-refractivity contribution >= 4 is 45.5 Å². The van der Waals surface area contributed by atoms with Gasteiger partial charge in [0.15, 0.2) is 0 Å². The summed E-state index contributed by atoms with van der Waals surface area (Å²) >= 11 is 6.24. The third-order valence-electron chi connectivity index (χ3n) is 5.77. The summed E-state index contributed by atoms with van der Waals surface area (Å²) in [6.45, 7) is 5.51. The summed E-state index contributed by atoms with van der Waals surface area (Å²) in [6, 6.07) is 7.56. The van der Waals surface area contributed by atoms with Crippen molar-refractivity contribution in [1.29, 1.82) is 0 Å². The van der Waals surface area contributed by atoms with Crippen molar-refractivity contribution in [2.45, 2.75) is 26.7 Å². The molecule has 174 valence electrons. The Morgan fingerprint density at radius 3 is 2.67 bits per heavy atom. The van der Waals surface area contributed by atoms with Gasteiger partial charge in [-0.3, -0.25) is 4.79 Å². The molecule has 1 aliphatic rings. The lowest BCUT2D eigenvalue weighted by Gasteiger charge is -2.27. The van der Waals surface area contributed by atoms with Crippen LogP contribution >= 0.6 is 11.6 Å². The first-order valence-electron chi connectivity index (χ1n) is 11.0. The van der Waals surface area contributed by atoms with E-state index in [2.05, 4.69) is 41.3 Å². The van der Waals surface area contributed by atoms with Crippen LogP contribution < -0.4 is 14.8 Å². The zero-order valence-corrected chi connectivity index (χ0v) is 20.1. The molecule has 3 aromatic rings. The number of aromatic amines is 1. The van der Waals surface area contributed by atoms with Gasteiger partial charge in [0.05, 0.1) is 30.6 Å². The number of carbonyl (C=O) groups is 1. The number of hydrogen-bond acceptors (Lipinski definition) is 5. The summed E-state index contributed by atoms with van der Waals surface area (Å²) in [7, 11) is 3.18. The van der Waals surface area contributed by atoms with E-state index in [1.807, 2.05) is 17.0 Å². The average Bonchev–Trinajstić information content (AvgIpc) is 3.25. The topological polar surface area (TPSA) is 79.5 Å². The van der Waals surface area contributed by atoms with Gasteiger partial charge in [-0.25, -0.2) is 4.98 Å². The number of amides is 1. The van der Waals surface area contributed by atoms with E-state index in [4.69, 9.17) is 21.1 Å². The second kappa shape index (κ2) is 9.75. The highest BCUT2D eigenvalue weighted by molar-refractivity contribution is 6.32. The van der Waals surface area contributed by atoms with Crippen LogP contribution in [0.2, 0.25) is 5.02 Å². The molecule has 0 bridgehead atoms. The van der Waals surface area contributed by atoms with E-state index in [1.54, 1.807) is 26.5 Å². The molecule has 0 spiro atoms. The van der Waals surface area contributed by atoms with Crippen molar-refractivity contribution in [2.75, 3.05) is 32.6 Å². The molecule has 0 saturated carbocycles. The van der Waals surface area contributed by atoms with Crippen LogP contribution in [0.4, 0.5) is 11.4 Å². The quantitative estimate of drug-likeness (QED) is 0.469. The zero-order valence-electron chi connectivity index (χ0n) is 19.4. The van der Waals surface area contributed by atoms with Crippen molar-refractivity contribution in [3.63, 3.8) is 0 Å². The standard InChI is InChI=1S/C25H29ClN4O3/c1-15(2)11-24(31)30-9-6-16(7-10-30)20-12-17-19(5-8-27-25(17)29-20)28-21-14-22(32-3)18(26)13-23(21)33-4/h5-6,8,12-15H,7,9-11H2,1-4H3,(H2,27,28,29). The highest BCUT2D eigenvalue weighted by atomic mass is 35.5. The molecule has 33 heavy (non-hydrogen) atoms. The third kappa shape index (κ3) is 4.93. The normalized spacial score (nSPS) is 13.9. The van der Waals surface area contributed by atoms with Crippen molar-refractivity contribution in [1.82, 2.24) is 14.9 Å². The van der Waals surface area contributed by atoms with E-state index >= 15 is 0 Å². The van der Waals surface area contributed by atoms with Gasteiger partial charge in [-0.05, 0) is 30.0 Å². The molecule has 0 aliphatic carbocycles. The Kier molecular flexibility index (Phi) is 6.79. The van der Waals surface area contributed by atoms with Crippen LogP contribution in [0, 0.1) is 5.92 Å². The van der Waals surface area contributed by atoms with Crippen LogP contribution in [-0.4, -0.2) is 48.1 Å². The third-order valence-corrected chi connectivity index (χ3v) is 6.06. The van der Waals surface area contributed by atoms with Gasteiger partial charge in [0.25, 0.3) is 0 Å². The highest BCUT2D eigenvalue weighted by Crippen LogP contribution is 2.39. The van der Waals surface area contributed by atoms with E-state index in [1.165, 1.54) is 5.57 Å². The Labute approximate surface area is 198 Å². The fourth-order valence-electron chi connectivity index (χ4n) is 4.03. The number of ether oxygens (including phenoxy) is 2. The molecule has 4 rings (SSSR count). The van der Waals surface area contributed by atoms with Crippen LogP contribution in [0.15, 0.2) is 36.5 Å². The van der Waals surface area contributed by atoms with Crippen LogP contribution in [0.1, 0.15) is 32.4 Å². The molecule has 1 aromatic carbocycles. The predicted molar refractivity (Wildman–Crippen MR) is 133 cm³/mol. The Balaban J connectivity index is 1.60. The minimum atomic E-state index is 0.220. The number of pyridine rings is 1. The Hall–Kier alpha value is -3.19. The molecule has 0 radical (unpaired) electrons. The van der Waals surface area contributed by atoms with Gasteiger partial charge >= 0.3 is 0 Å². The van der Waals surface area contributed by atoms with Gasteiger partial charge in [0.2, 0.25) is 5.91 Å². The number of halogens is 1. The van der Waals surface area contributed by atoms with Crippen molar-refractivity contribution in [3.8, 4) is 11.5 Å². The van der Waals surface area contributed by atoms with Gasteiger partial charge in [-0.15, -0.1) is 0 Å². The summed E-state index contributed by atoms with van der Waals surface area (Å²) in [5.74, 6) is 1.76. The number of hydrogen-bond donors (Lipinski definition) is 2. The molecular weight excluding hydrogens is 440 g/mol. The monoisotopic (exact) mass is 468 g/mol. The van der Waals surface area contributed by atoms with Crippen molar-refractivity contribution in [2.24, 2.45) is 5.92 Å². The molecule has 0 fully saturated rings. The first kappa shape index (κ1) is 23.0. The summed E-state index contributed by atoms with van der Waals surface area (Å²) < 4.78 is 10.9. The summed E-state index contributed by atoms with van der Waals surface area (Å²) in [5.41, 5.74) is 4.62. The number of aromatic nitrogens is 2. The number of benzene rings is 1. The highest BCUT2D eigenvalue weighted by Gasteiger charge is 2.20. The maximum Gasteiger partial charge on any atom is 0.223 e. The van der Waals surface area contributed by atoms with Crippen molar-refractivity contribution < 1.29 is 14.3 Å². The second-order valence-electron chi connectivity index (χ2n) is 8.53. The van der Waals surface area contributed by atoms with Crippen molar-refractivity contribution in [3.05, 3.63) is 47.3 Å². The summed E-state index contributed by atoms with van der Waals surface area (Å²) in [5, 5.41) is 4.87. The first-order chi connectivity index (χ1) is 15.9. The number of carbonyl (C=O) groups excluding carboxylic acids is 1. The second-order valence-corrected chi connectivity index (χ2v) is 8.94. The number of H-pyrrole nitrogens is 1. The number of anilines is 2. The lowest BCUT2D eigenvalue weighted by molar-refractivity contribution is -0.131. The average molecular weight is 469 g/mol. The summed E-state index contributed by atoms with van der Waals surface area (Å²) in [4.78, 5) is 22.2. The van der Waals surface area contributed by atoms with Gasteiger partial charge < -0.3 is 24.7 Å². The molecule has 7 nitrogen and oxygen atoms in total. The summed E-state index contributed by atoms with van der Waals surface area (Å²) in [6.07, 6.45) is 5.29. The van der Waals surface area contributed by atoms with Crippen LogP contribution in [0.5, 0.6) is 11.5 Å². The van der Waals surface area contributed by atoms with E-state index in [9.17, 15) is 4.79 Å². The fraction of sp³-hybridized carbons (Fsp3) is 0.360. The van der Waals surface area contributed by atoms with E-state index < -0.39 is 0 Å². The number of fused-ring (bicyclic) bond motifs is 1. The largest absolute Gasteiger partial charge is 0.495 e. The van der Waals surface area contributed by atoms with Gasteiger partial charge in [0, 0.05) is 48.9 Å². The Morgan fingerprint density at radius 2 is 2.00 bits per heavy atom. The lowest BCUT2D eigenvalue weighted by atomic mass is 10.0. The van der Waals surface area contributed by atoms with E-state index in [0.29, 0.717) is 35.4 Å². The van der Waals surface area contributed by atoms with E-state index in [-0.39, 0.29) is 5.91 Å². The minimum absolute atomic E-state index is 0.220. The molecule has 1 amide bonds. The fourth-order valence-corrected chi connectivity index (χ4v) is 4.26. The maximum absolute atomic E-state index is 12.4. The Bertz CT molecular complexity index is 1200. The molecular formula is C25H29ClN4O3. The molecule has 2 aromatic heterocycles. The SMILES string of the molecule is COc1cc(Nc2ccnc3[nH]c(C4=CCN(C(=O)CC(C)C)CC4)cc23)c(OC)cc1Cl. The zero-order chi connectivity index (χ0) is 23.5. The van der Waals surface area contributed by atoms with Crippen LogP contribution in [-0.2, 0) is 4.79 Å². The van der Waals surface area contributed by atoms with Gasteiger partial charge in [0.1, 0.15) is 17.1 Å². The number of nitrogens with zero attached hydrogens (tertiary/aromatic N) is 2.